The van der Waals surface area contributed by atoms with Crippen molar-refractivity contribution in [2.24, 2.45) is 0 Å². The van der Waals surface area contributed by atoms with E-state index in [9.17, 15) is 9.59 Å². The van der Waals surface area contributed by atoms with Gasteiger partial charge in [-0.3, -0.25) is 15.0 Å². The van der Waals surface area contributed by atoms with Crippen LogP contribution in [-0.4, -0.2) is 62.2 Å². The van der Waals surface area contributed by atoms with Crippen molar-refractivity contribution in [2.75, 3.05) is 38.2 Å². The number of anilines is 1. The van der Waals surface area contributed by atoms with Gasteiger partial charge in [0.15, 0.2) is 0 Å². The predicted octanol–water partition coefficient (Wildman–Crippen LogP) is 1.44. The summed E-state index contributed by atoms with van der Waals surface area (Å²) in [4.78, 5) is 28.3. The maximum Gasteiger partial charge on any atom is 0.321 e. The number of benzene rings is 1. The Bertz CT molecular complexity index is 598. The summed E-state index contributed by atoms with van der Waals surface area (Å²) in [7, 11) is 1.67. The third kappa shape index (κ3) is 5.09. The Kier molecular flexibility index (Phi) is 6.64. The van der Waals surface area contributed by atoms with E-state index in [-0.39, 0.29) is 18.0 Å². The molecule has 3 amide bonds. The standard InChI is InChI=1S/C18H28N4O3/c1-13(2)19-18(24)20-17(23)14(3)21-9-11-22(12-10-21)15-7-5-6-8-16(15)25-4/h5-8,13-14H,9-12H2,1-4H3,(H2,19,20,23,24)/t14-/m1/s1. The van der Waals surface area contributed by atoms with Gasteiger partial charge in [0, 0.05) is 32.2 Å². The summed E-state index contributed by atoms with van der Waals surface area (Å²) < 4.78 is 5.42. The van der Waals surface area contributed by atoms with Crippen LogP contribution in [0.25, 0.3) is 0 Å². The number of methoxy groups -OCH3 is 1. The second-order valence-electron chi connectivity index (χ2n) is 6.49. The molecule has 1 aliphatic rings. The first-order valence-electron chi connectivity index (χ1n) is 8.65. The summed E-state index contributed by atoms with van der Waals surface area (Å²) in [6.45, 7) is 8.63. The average molecular weight is 348 g/mol. The molecule has 0 bridgehead atoms. The van der Waals surface area contributed by atoms with Crippen molar-refractivity contribution in [3.63, 3.8) is 0 Å². The Labute approximate surface area is 149 Å². The van der Waals surface area contributed by atoms with Crippen LogP contribution < -0.4 is 20.3 Å². The molecule has 0 unspecified atom stereocenters. The number of carbonyl (C=O) groups is 2. The van der Waals surface area contributed by atoms with Crippen LogP contribution in [0.1, 0.15) is 20.8 Å². The highest BCUT2D eigenvalue weighted by Crippen LogP contribution is 2.28. The number of urea groups is 1. The minimum Gasteiger partial charge on any atom is -0.495 e. The zero-order chi connectivity index (χ0) is 18.4. The van der Waals surface area contributed by atoms with Crippen LogP contribution in [0, 0.1) is 0 Å². The molecule has 1 fully saturated rings. The van der Waals surface area contributed by atoms with Crippen LogP contribution >= 0.6 is 0 Å². The predicted molar refractivity (Wildman–Crippen MR) is 98.1 cm³/mol. The number of amides is 3. The van der Waals surface area contributed by atoms with Gasteiger partial charge in [-0.1, -0.05) is 12.1 Å². The number of nitrogens with zero attached hydrogens (tertiary/aromatic N) is 2. The number of hydrogen-bond acceptors (Lipinski definition) is 5. The third-order valence-corrected chi connectivity index (χ3v) is 4.32. The van der Waals surface area contributed by atoms with Gasteiger partial charge in [-0.05, 0) is 32.9 Å². The minimum atomic E-state index is -0.445. The third-order valence-electron chi connectivity index (χ3n) is 4.32. The average Bonchev–Trinajstić information content (AvgIpc) is 2.60. The van der Waals surface area contributed by atoms with E-state index in [1.807, 2.05) is 45.0 Å². The summed E-state index contributed by atoms with van der Waals surface area (Å²) >= 11 is 0. The molecule has 2 N–H and O–H groups in total. The van der Waals surface area contributed by atoms with Crippen molar-refractivity contribution >= 4 is 17.6 Å². The summed E-state index contributed by atoms with van der Waals surface area (Å²) in [6.07, 6.45) is 0. The van der Waals surface area contributed by atoms with Gasteiger partial charge in [0.2, 0.25) is 5.91 Å². The lowest BCUT2D eigenvalue weighted by molar-refractivity contribution is -0.124. The van der Waals surface area contributed by atoms with E-state index in [1.165, 1.54) is 0 Å². The first-order chi connectivity index (χ1) is 11.9. The van der Waals surface area contributed by atoms with Gasteiger partial charge in [0.25, 0.3) is 0 Å². The topological polar surface area (TPSA) is 73.9 Å². The maximum absolute atomic E-state index is 12.2. The van der Waals surface area contributed by atoms with Crippen molar-refractivity contribution in [2.45, 2.75) is 32.9 Å². The van der Waals surface area contributed by atoms with E-state index >= 15 is 0 Å². The van der Waals surface area contributed by atoms with Crippen molar-refractivity contribution in [1.29, 1.82) is 0 Å². The van der Waals surface area contributed by atoms with Crippen LogP contribution in [0.3, 0.4) is 0 Å². The van der Waals surface area contributed by atoms with Gasteiger partial charge in [0.05, 0.1) is 18.8 Å². The smallest absolute Gasteiger partial charge is 0.321 e. The lowest BCUT2D eigenvalue weighted by Gasteiger charge is -2.38. The highest BCUT2D eigenvalue weighted by Gasteiger charge is 2.27. The van der Waals surface area contributed by atoms with E-state index < -0.39 is 6.03 Å². The lowest BCUT2D eigenvalue weighted by atomic mass is 10.2. The van der Waals surface area contributed by atoms with E-state index in [4.69, 9.17) is 4.74 Å². The van der Waals surface area contributed by atoms with E-state index in [1.54, 1.807) is 7.11 Å². The number of para-hydroxylation sites is 2. The normalized spacial score (nSPS) is 16.4. The fraction of sp³-hybridized carbons (Fsp3) is 0.556. The molecule has 0 spiro atoms. The van der Waals surface area contributed by atoms with Gasteiger partial charge < -0.3 is 15.0 Å². The van der Waals surface area contributed by atoms with Crippen LogP contribution in [0.2, 0.25) is 0 Å². The SMILES string of the molecule is COc1ccccc1N1CCN([C@H](C)C(=O)NC(=O)NC(C)C)CC1. The van der Waals surface area contributed by atoms with Gasteiger partial charge in [0.1, 0.15) is 5.75 Å². The van der Waals surface area contributed by atoms with Crippen molar-refractivity contribution in [1.82, 2.24) is 15.5 Å². The molecular weight excluding hydrogens is 320 g/mol. The number of carbonyl (C=O) groups excluding carboxylic acids is 2. The highest BCUT2D eigenvalue weighted by molar-refractivity contribution is 5.96. The first-order valence-corrected chi connectivity index (χ1v) is 8.65. The van der Waals surface area contributed by atoms with Crippen LogP contribution in [-0.2, 0) is 4.79 Å². The summed E-state index contributed by atoms with van der Waals surface area (Å²) in [5.74, 6) is 0.580. The number of imide groups is 1. The van der Waals surface area contributed by atoms with Crippen LogP contribution in [0.15, 0.2) is 24.3 Å². The molecule has 2 rings (SSSR count). The second kappa shape index (κ2) is 8.71. The molecule has 1 heterocycles. The molecule has 7 heteroatoms. The van der Waals surface area contributed by atoms with Crippen LogP contribution in [0.4, 0.5) is 10.5 Å². The molecule has 0 aromatic heterocycles. The fourth-order valence-corrected chi connectivity index (χ4v) is 2.92. The van der Waals surface area contributed by atoms with Gasteiger partial charge in [-0.2, -0.15) is 0 Å². The van der Waals surface area contributed by atoms with Crippen molar-refractivity contribution in [3.05, 3.63) is 24.3 Å². The zero-order valence-corrected chi connectivity index (χ0v) is 15.4. The summed E-state index contributed by atoms with van der Waals surface area (Å²) in [6, 6.07) is 7.14. The highest BCUT2D eigenvalue weighted by atomic mass is 16.5. The second-order valence-corrected chi connectivity index (χ2v) is 6.49. The molecular formula is C18H28N4O3. The molecule has 0 radical (unpaired) electrons. The Morgan fingerprint density at radius 1 is 1.08 bits per heavy atom. The number of hydrogen-bond donors (Lipinski definition) is 2. The molecule has 0 saturated carbocycles. The summed E-state index contributed by atoms with van der Waals surface area (Å²) in [5.41, 5.74) is 1.07. The summed E-state index contributed by atoms with van der Waals surface area (Å²) in [5, 5.41) is 5.07. The molecule has 1 atom stereocenters. The minimum absolute atomic E-state index is 0.00694. The van der Waals surface area contributed by atoms with Gasteiger partial charge >= 0.3 is 6.03 Å². The largest absolute Gasteiger partial charge is 0.495 e. The van der Waals surface area contributed by atoms with Crippen molar-refractivity contribution < 1.29 is 14.3 Å². The molecule has 0 aliphatic carbocycles. The molecule has 1 saturated heterocycles. The fourth-order valence-electron chi connectivity index (χ4n) is 2.92. The number of piperazine rings is 1. The molecule has 7 nitrogen and oxygen atoms in total. The Hall–Kier alpha value is -2.28. The van der Waals surface area contributed by atoms with Gasteiger partial charge in [-0.25, -0.2) is 4.79 Å². The van der Waals surface area contributed by atoms with E-state index in [0.717, 1.165) is 37.6 Å². The lowest BCUT2D eigenvalue weighted by Crippen LogP contribution is -2.55. The van der Waals surface area contributed by atoms with Gasteiger partial charge in [-0.15, -0.1) is 0 Å². The van der Waals surface area contributed by atoms with E-state index in [0.29, 0.717) is 0 Å². The maximum atomic E-state index is 12.2. The molecule has 138 valence electrons. The van der Waals surface area contributed by atoms with Crippen molar-refractivity contribution in [3.8, 4) is 5.75 Å². The van der Waals surface area contributed by atoms with E-state index in [2.05, 4.69) is 20.4 Å². The first kappa shape index (κ1) is 19.1. The van der Waals surface area contributed by atoms with Crippen LogP contribution in [0.5, 0.6) is 5.75 Å². The molecule has 1 aromatic rings. The Morgan fingerprint density at radius 3 is 2.32 bits per heavy atom. The molecule has 25 heavy (non-hydrogen) atoms. The number of nitrogens with one attached hydrogen (secondary N) is 2. The quantitative estimate of drug-likeness (QED) is 0.842. The zero-order valence-electron chi connectivity index (χ0n) is 15.4. The Balaban J connectivity index is 1.88. The Morgan fingerprint density at radius 2 is 1.72 bits per heavy atom. The molecule has 1 aliphatic heterocycles. The molecule has 1 aromatic carbocycles. The monoisotopic (exact) mass is 348 g/mol. The number of rotatable bonds is 5. The number of ether oxygens (including phenoxy) is 1.